The van der Waals surface area contributed by atoms with Crippen molar-refractivity contribution in [2.45, 2.75) is 32.0 Å². The van der Waals surface area contributed by atoms with Crippen molar-refractivity contribution in [1.82, 2.24) is 14.8 Å². The molecule has 3 N–H and O–H groups in total. The van der Waals surface area contributed by atoms with E-state index in [1.807, 2.05) is 0 Å². The molecule has 186 valence electrons. The summed E-state index contributed by atoms with van der Waals surface area (Å²) in [5.74, 6) is -0.665. The lowest BCUT2D eigenvalue weighted by atomic mass is 10.1. The molecule has 3 aromatic rings. The van der Waals surface area contributed by atoms with Gasteiger partial charge >= 0.3 is 5.97 Å². The van der Waals surface area contributed by atoms with Gasteiger partial charge in [0.15, 0.2) is 11.0 Å². The lowest BCUT2D eigenvalue weighted by molar-refractivity contribution is -0.113. The van der Waals surface area contributed by atoms with Gasteiger partial charge in [0.25, 0.3) is 5.91 Å². The Morgan fingerprint density at radius 1 is 1.29 bits per heavy atom. The molecule has 0 saturated carbocycles. The summed E-state index contributed by atoms with van der Waals surface area (Å²) < 4.78 is 12.4. The summed E-state index contributed by atoms with van der Waals surface area (Å²) in [5, 5.41) is 12.3. The number of esters is 1. The number of ether oxygens (including phenoxy) is 2. The molecule has 0 aliphatic carbocycles. The Bertz CT molecular complexity index is 1290. The summed E-state index contributed by atoms with van der Waals surface area (Å²) in [6, 6.07) is 5.16. The number of nitrogens with two attached hydrogens (primary N) is 1. The Morgan fingerprint density at radius 3 is 2.63 bits per heavy atom. The summed E-state index contributed by atoms with van der Waals surface area (Å²) in [6.07, 6.45) is -0.374. The van der Waals surface area contributed by atoms with Crippen molar-refractivity contribution in [3.63, 3.8) is 0 Å². The van der Waals surface area contributed by atoms with Crippen LogP contribution >= 0.6 is 34.7 Å². The number of nitrogens with zero attached hydrogens (tertiary/aromatic N) is 3. The smallest absolute Gasteiger partial charge is 0.341 e. The number of aromatic nitrogens is 3. The van der Waals surface area contributed by atoms with Crippen LogP contribution < -0.4 is 15.8 Å². The predicted octanol–water partition coefficient (Wildman–Crippen LogP) is 3.91. The van der Waals surface area contributed by atoms with Crippen LogP contribution in [0.3, 0.4) is 0 Å². The number of benzene rings is 1. The molecule has 0 aliphatic heterocycles. The van der Waals surface area contributed by atoms with Crippen LogP contribution in [0, 0.1) is 6.92 Å². The van der Waals surface area contributed by atoms with Gasteiger partial charge in [-0.25, -0.2) is 4.79 Å². The average molecular weight is 538 g/mol. The molecule has 10 nitrogen and oxygen atoms in total. The van der Waals surface area contributed by atoms with Gasteiger partial charge in [-0.15, -0.1) is 21.5 Å². The van der Waals surface area contributed by atoms with E-state index in [4.69, 9.17) is 26.8 Å². The minimum Gasteiger partial charge on any atom is -0.496 e. The highest BCUT2D eigenvalue weighted by molar-refractivity contribution is 7.99. The van der Waals surface area contributed by atoms with E-state index in [1.54, 1.807) is 57.7 Å². The number of thioether (sulfide) groups is 1. The van der Waals surface area contributed by atoms with E-state index in [-0.39, 0.29) is 27.3 Å². The number of nitrogens with one attached hydrogen (secondary N) is 1. The summed E-state index contributed by atoms with van der Waals surface area (Å²) >= 11 is 8.21. The first-order chi connectivity index (χ1) is 16.5. The van der Waals surface area contributed by atoms with Crippen molar-refractivity contribution in [2.75, 3.05) is 18.2 Å². The zero-order chi connectivity index (χ0) is 25.9. The van der Waals surface area contributed by atoms with Gasteiger partial charge in [-0.2, -0.15) is 0 Å². The summed E-state index contributed by atoms with van der Waals surface area (Å²) in [7, 11) is 3.31. The molecule has 13 heteroatoms. The van der Waals surface area contributed by atoms with E-state index in [2.05, 4.69) is 15.5 Å². The van der Waals surface area contributed by atoms with Crippen LogP contribution in [0.25, 0.3) is 11.4 Å². The van der Waals surface area contributed by atoms with Crippen LogP contribution in [0.2, 0.25) is 5.02 Å². The van der Waals surface area contributed by atoms with Crippen LogP contribution in [-0.4, -0.2) is 51.5 Å². The molecule has 0 atom stereocenters. The second kappa shape index (κ2) is 11.1. The largest absolute Gasteiger partial charge is 0.496 e. The fourth-order valence-corrected chi connectivity index (χ4v) is 5.12. The van der Waals surface area contributed by atoms with Crippen molar-refractivity contribution in [3.8, 4) is 17.1 Å². The molecule has 0 fully saturated rings. The number of amides is 2. The number of carbonyl (C=O) groups excluding carboxylic acids is 3. The summed E-state index contributed by atoms with van der Waals surface area (Å²) in [5.41, 5.74) is 6.57. The van der Waals surface area contributed by atoms with Crippen LogP contribution in [0.1, 0.15) is 39.4 Å². The number of methoxy groups -OCH3 is 1. The van der Waals surface area contributed by atoms with Crippen LogP contribution in [-0.2, 0) is 16.6 Å². The van der Waals surface area contributed by atoms with Crippen molar-refractivity contribution in [2.24, 2.45) is 12.8 Å². The van der Waals surface area contributed by atoms with E-state index >= 15 is 0 Å². The maximum atomic E-state index is 12.7. The molecule has 3 rings (SSSR count). The molecular weight excluding hydrogens is 514 g/mol. The molecule has 0 spiro atoms. The van der Waals surface area contributed by atoms with E-state index in [9.17, 15) is 14.4 Å². The second-order valence-corrected chi connectivity index (χ2v) is 10.0. The summed E-state index contributed by atoms with van der Waals surface area (Å²) in [4.78, 5) is 37.3. The van der Waals surface area contributed by atoms with Crippen molar-refractivity contribution in [3.05, 3.63) is 39.2 Å². The monoisotopic (exact) mass is 537 g/mol. The number of carbonyl (C=O) groups is 3. The number of thiophene rings is 1. The van der Waals surface area contributed by atoms with E-state index in [0.717, 1.165) is 23.1 Å². The third kappa shape index (κ3) is 5.95. The van der Waals surface area contributed by atoms with E-state index < -0.39 is 17.8 Å². The van der Waals surface area contributed by atoms with Gasteiger partial charge in [-0.05, 0) is 44.5 Å². The number of primary amides is 1. The molecule has 1 aromatic carbocycles. The van der Waals surface area contributed by atoms with Gasteiger partial charge in [0.2, 0.25) is 5.91 Å². The molecule has 2 heterocycles. The Balaban J connectivity index is 1.78. The summed E-state index contributed by atoms with van der Waals surface area (Å²) in [6.45, 7) is 5.00. The van der Waals surface area contributed by atoms with Crippen molar-refractivity contribution in [1.29, 1.82) is 0 Å². The maximum Gasteiger partial charge on any atom is 0.341 e. The maximum absolute atomic E-state index is 12.7. The van der Waals surface area contributed by atoms with E-state index in [0.29, 0.717) is 32.9 Å². The number of hydrogen-bond donors (Lipinski definition) is 2. The Kier molecular flexibility index (Phi) is 8.41. The van der Waals surface area contributed by atoms with Crippen molar-refractivity contribution >= 4 is 57.5 Å². The van der Waals surface area contributed by atoms with Gasteiger partial charge in [0, 0.05) is 12.1 Å². The molecule has 0 bridgehead atoms. The molecule has 2 aromatic heterocycles. The minimum absolute atomic E-state index is 0.0276. The second-order valence-electron chi connectivity index (χ2n) is 7.63. The number of halogens is 1. The highest BCUT2D eigenvalue weighted by Crippen LogP contribution is 2.35. The highest BCUT2D eigenvalue weighted by atomic mass is 35.5. The fourth-order valence-electron chi connectivity index (χ4n) is 3.18. The quantitative estimate of drug-likeness (QED) is 0.309. The number of anilines is 1. The molecule has 0 unspecified atom stereocenters. The minimum atomic E-state index is -0.691. The van der Waals surface area contributed by atoms with Crippen LogP contribution in [0.4, 0.5) is 5.00 Å². The third-order valence-corrected chi connectivity index (χ3v) is 7.22. The van der Waals surface area contributed by atoms with Gasteiger partial charge < -0.3 is 25.1 Å². The average Bonchev–Trinajstić information content (AvgIpc) is 3.31. The molecule has 0 aliphatic rings. The van der Waals surface area contributed by atoms with Gasteiger partial charge in [0.05, 0.1) is 35.0 Å². The zero-order valence-corrected chi connectivity index (χ0v) is 22.1. The van der Waals surface area contributed by atoms with Crippen LogP contribution in [0.15, 0.2) is 23.4 Å². The molecule has 0 saturated heterocycles. The molecule has 2 amide bonds. The number of hydrogen-bond acceptors (Lipinski definition) is 9. The molecule has 0 radical (unpaired) electrons. The Hall–Kier alpha value is -3.09. The third-order valence-electron chi connectivity index (χ3n) is 4.74. The standard InChI is InChI=1S/C22H24ClN5O5S2/c1-10(2)33-21(31)16-11(3)17(18(24)30)35-20(16)25-15(29)9-34-22-27-26-19(28(22)4)13-8-12(23)6-7-14(13)32-5/h6-8,10H,9H2,1-5H3,(H2,24,30)(H,25,29). The molecular formula is C22H24ClN5O5S2. The predicted molar refractivity (Wildman–Crippen MR) is 135 cm³/mol. The lowest BCUT2D eigenvalue weighted by Crippen LogP contribution is -2.18. The Labute approximate surface area is 215 Å². The molecule has 35 heavy (non-hydrogen) atoms. The Morgan fingerprint density at radius 2 is 2.00 bits per heavy atom. The first-order valence-corrected chi connectivity index (χ1v) is 12.5. The van der Waals surface area contributed by atoms with E-state index in [1.165, 1.54) is 0 Å². The number of rotatable bonds is 9. The van der Waals surface area contributed by atoms with Crippen molar-refractivity contribution < 1.29 is 23.9 Å². The SMILES string of the molecule is COc1ccc(Cl)cc1-c1nnc(SCC(=O)Nc2sc(C(N)=O)c(C)c2C(=O)OC(C)C)n1C. The van der Waals surface area contributed by atoms with Gasteiger partial charge in [-0.1, -0.05) is 23.4 Å². The fraction of sp³-hybridized carbons (Fsp3) is 0.318. The normalized spacial score (nSPS) is 10.9. The first kappa shape index (κ1) is 26.5. The first-order valence-electron chi connectivity index (χ1n) is 10.3. The zero-order valence-electron chi connectivity index (χ0n) is 19.7. The lowest BCUT2D eigenvalue weighted by Gasteiger charge is -2.10. The van der Waals surface area contributed by atoms with Gasteiger partial charge in [-0.3, -0.25) is 9.59 Å². The van der Waals surface area contributed by atoms with Crippen LogP contribution in [0.5, 0.6) is 5.75 Å². The highest BCUT2D eigenvalue weighted by Gasteiger charge is 2.26. The topological polar surface area (TPSA) is 138 Å². The van der Waals surface area contributed by atoms with Gasteiger partial charge in [0.1, 0.15) is 10.8 Å².